The number of aliphatic carboxylic acids is 2. The second-order valence-corrected chi connectivity index (χ2v) is 19.3. The van der Waals surface area contributed by atoms with Crippen molar-refractivity contribution in [2.45, 2.75) is 167 Å². The second kappa shape index (κ2) is 53.2. The molecule has 0 heterocycles. The first-order chi connectivity index (χ1) is 33.7. The number of carbonyl (C=O) groups excluding carboxylic acids is 8. The highest BCUT2D eigenvalue weighted by Crippen LogP contribution is 2.10. The van der Waals surface area contributed by atoms with Gasteiger partial charge < -0.3 is 67.7 Å². The fourth-order valence-electron chi connectivity index (χ4n) is 6.97. The lowest BCUT2D eigenvalue weighted by Gasteiger charge is -2.35. The van der Waals surface area contributed by atoms with Gasteiger partial charge in [-0.2, -0.15) is 0 Å². The minimum absolute atomic E-state index is 0.0660. The fourth-order valence-corrected chi connectivity index (χ4v) is 7.23. The topological polar surface area (TPSA) is 323 Å². The molecule has 71 heavy (non-hydrogen) atoms. The van der Waals surface area contributed by atoms with Crippen LogP contribution < -0.4 is 49.1 Å². The number of ketones is 2. The van der Waals surface area contributed by atoms with Crippen LogP contribution in [0.4, 0.5) is 0 Å². The number of carboxylic acids is 2. The summed E-state index contributed by atoms with van der Waals surface area (Å²) < 4.78 is 0.991. The van der Waals surface area contributed by atoms with Gasteiger partial charge >= 0.3 is 0 Å². The Kier molecular flexibility index (Phi) is 55.7. The number of quaternary nitrogens is 2. The monoisotopic (exact) mass is 1060 g/mol. The number of nitrogens with one attached hydrogen (secondary N) is 3. The highest BCUT2D eigenvalue weighted by molar-refractivity contribution is 6.63. The van der Waals surface area contributed by atoms with Crippen molar-refractivity contribution in [3.8, 4) is 0 Å². The van der Waals surface area contributed by atoms with Gasteiger partial charge in [0.25, 0.3) is 0 Å². The molecule has 11 N–H and O–H groups in total. The fraction of sp³-hybridized carbons (Fsp3) is 0.840. The van der Waals surface area contributed by atoms with Gasteiger partial charge in [0, 0.05) is 89.2 Å². The molecular formula is C50H99Cl2N9O10. The first-order valence-electron chi connectivity index (χ1n) is 26.1. The summed E-state index contributed by atoms with van der Waals surface area (Å²) in [6.07, 6.45) is 17.9. The van der Waals surface area contributed by atoms with Crippen LogP contribution in [-0.4, -0.2) is 161 Å². The molecule has 0 aliphatic carbocycles. The van der Waals surface area contributed by atoms with Crippen LogP contribution in [0.2, 0.25) is 0 Å². The Morgan fingerprint density at radius 1 is 0.408 bits per heavy atom. The predicted octanol–water partition coefficient (Wildman–Crippen LogP) is 2.07. The number of nitrogens with two attached hydrogens (primary N) is 4. The molecule has 0 rings (SSSR count). The smallest absolute Gasteiger partial charge is 0.221 e. The van der Waals surface area contributed by atoms with Crippen LogP contribution in [-0.2, 0) is 38.4 Å². The van der Waals surface area contributed by atoms with E-state index in [1.165, 1.54) is 25.7 Å². The number of carboxylic acid groups (broad SMARTS) is 2. The van der Waals surface area contributed by atoms with Crippen molar-refractivity contribution >= 4 is 69.0 Å². The van der Waals surface area contributed by atoms with Crippen LogP contribution in [0, 0.1) is 0 Å². The minimum atomic E-state index is -1.13. The lowest BCUT2D eigenvalue weighted by Crippen LogP contribution is -2.53. The Morgan fingerprint density at radius 2 is 0.746 bits per heavy atom. The van der Waals surface area contributed by atoms with Gasteiger partial charge in [-0.3, -0.25) is 28.8 Å². The van der Waals surface area contributed by atoms with E-state index in [-0.39, 0.29) is 46.7 Å². The van der Waals surface area contributed by atoms with Crippen LogP contribution in [0.3, 0.4) is 0 Å². The molecule has 418 valence electrons. The van der Waals surface area contributed by atoms with Crippen LogP contribution >= 0.6 is 23.2 Å². The average molecular weight is 1060 g/mol. The third kappa shape index (κ3) is 61.1. The Labute approximate surface area is 437 Å². The number of hydrogen-bond acceptors (Lipinski definition) is 15. The number of hydrogen-bond donors (Lipinski definition) is 7. The molecule has 0 aromatic carbocycles. The van der Waals surface area contributed by atoms with E-state index in [2.05, 4.69) is 16.0 Å². The molecule has 0 fully saturated rings. The number of unbranched alkanes of at least 4 members (excludes halogenated alkanes) is 10. The van der Waals surface area contributed by atoms with Crippen molar-refractivity contribution in [1.82, 2.24) is 16.0 Å². The van der Waals surface area contributed by atoms with Crippen molar-refractivity contribution in [3.63, 3.8) is 0 Å². The van der Waals surface area contributed by atoms with E-state index >= 15 is 0 Å². The quantitative estimate of drug-likeness (QED) is 0.0261. The molecule has 0 aromatic rings. The third-order valence-corrected chi connectivity index (χ3v) is 12.0. The number of nitrogens with zero attached hydrogens (tertiary/aromatic N) is 2. The van der Waals surface area contributed by atoms with E-state index in [4.69, 9.17) is 46.1 Å². The summed E-state index contributed by atoms with van der Waals surface area (Å²) in [4.78, 5) is 89.3. The minimum Gasteiger partial charge on any atom is -0.550 e. The molecule has 2 amide bonds. The van der Waals surface area contributed by atoms with Gasteiger partial charge in [0.15, 0.2) is 0 Å². The summed E-state index contributed by atoms with van der Waals surface area (Å²) in [6.45, 7) is 9.85. The molecule has 21 heteroatoms. The molecule has 0 saturated carbocycles. The van der Waals surface area contributed by atoms with E-state index < -0.39 is 11.9 Å². The van der Waals surface area contributed by atoms with E-state index in [0.29, 0.717) is 151 Å². The van der Waals surface area contributed by atoms with Crippen LogP contribution in [0.1, 0.15) is 167 Å². The molecule has 0 bridgehead atoms. The summed E-state index contributed by atoms with van der Waals surface area (Å²) >= 11 is 10.1. The Hall–Kier alpha value is -3.14. The molecule has 0 radical (unpaired) electrons. The van der Waals surface area contributed by atoms with Crippen molar-refractivity contribution in [3.05, 3.63) is 0 Å². The molecule has 0 aliphatic rings. The van der Waals surface area contributed by atoms with Gasteiger partial charge in [0.2, 0.25) is 22.3 Å². The highest BCUT2D eigenvalue weighted by atomic mass is 35.5. The number of rotatable bonds is 45. The van der Waals surface area contributed by atoms with Crippen molar-refractivity contribution in [2.75, 3.05) is 106 Å². The van der Waals surface area contributed by atoms with Crippen molar-refractivity contribution in [2.24, 2.45) is 22.9 Å². The molecule has 1 atom stereocenters. The standard InChI is InChI=1S/C30H56N4O6.C8H19N3O2.C6H8Cl2O2.C6H16N2/c1-4-26(35)14-9-11-17-28(37)32-21-24-34(3,23-19-30(39)40)25-22-33-29(38)18-12-10-16-27(36)15-8-6-5-7-13-20-31-2;1-11(6-3-9,7-4-10)5-2-8(12)13;7-5(9)3-1-2-4-6(8)10;7-5-3-1-2-4-6-8/h31H,4-25H2,1-3H3,(H2-,32,33,37,38,39,40);2-7,9-10H2,1H3;1-4H2;1-8H2. The largest absolute Gasteiger partial charge is 0.550 e. The van der Waals surface area contributed by atoms with Crippen LogP contribution in [0.15, 0.2) is 0 Å². The third-order valence-electron chi connectivity index (χ3n) is 11.6. The van der Waals surface area contributed by atoms with Gasteiger partial charge in [-0.05, 0) is 114 Å². The second-order valence-electron chi connectivity index (χ2n) is 18.5. The Morgan fingerprint density at radius 3 is 1.11 bits per heavy atom. The molecular weight excluding hydrogens is 958 g/mol. The number of carbonyl (C=O) groups is 8. The molecule has 1 unspecified atom stereocenters. The van der Waals surface area contributed by atoms with Gasteiger partial charge in [-0.25, -0.2) is 0 Å². The summed E-state index contributed by atoms with van der Waals surface area (Å²) in [5, 5.41) is 29.5. The van der Waals surface area contributed by atoms with Gasteiger partial charge in [0.1, 0.15) is 11.6 Å². The van der Waals surface area contributed by atoms with E-state index in [1.54, 1.807) is 0 Å². The van der Waals surface area contributed by atoms with Gasteiger partial charge in [-0.1, -0.05) is 39.0 Å². The number of amides is 2. The van der Waals surface area contributed by atoms with Gasteiger partial charge in [0.05, 0.1) is 66.5 Å². The molecule has 0 saturated heterocycles. The number of likely N-dealkylation sites (N-methyl/N-ethyl adjacent to an activating group) is 2. The molecule has 0 aromatic heterocycles. The number of Topliss-reactive ketones (excluding diaryl/α,β-unsaturated/α-hetero) is 2. The predicted molar refractivity (Wildman–Crippen MR) is 281 cm³/mol. The van der Waals surface area contributed by atoms with Gasteiger partial charge in [-0.15, -0.1) is 0 Å². The number of halogens is 2. The summed E-state index contributed by atoms with van der Waals surface area (Å²) in [5.74, 6) is -1.82. The van der Waals surface area contributed by atoms with Crippen LogP contribution in [0.5, 0.6) is 0 Å². The maximum Gasteiger partial charge on any atom is 0.221 e. The summed E-state index contributed by atoms with van der Waals surface area (Å²) in [6, 6.07) is 0. The normalized spacial score (nSPS) is 11.6. The lowest BCUT2D eigenvalue weighted by molar-refractivity contribution is -0.906. The maximum atomic E-state index is 12.3. The van der Waals surface area contributed by atoms with Crippen molar-refractivity contribution in [1.29, 1.82) is 0 Å². The highest BCUT2D eigenvalue weighted by Gasteiger charge is 2.22. The van der Waals surface area contributed by atoms with E-state index in [9.17, 15) is 48.6 Å². The zero-order valence-corrected chi connectivity index (χ0v) is 45.9. The zero-order valence-electron chi connectivity index (χ0n) is 44.4. The summed E-state index contributed by atoms with van der Waals surface area (Å²) in [5.41, 5.74) is 21.4. The average Bonchev–Trinajstić information content (AvgIpc) is 3.31. The van der Waals surface area contributed by atoms with Crippen LogP contribution in [0.25, 0.3) is 0 Å². The molecule has 0 spiro atoms. The zero-order chi connectivity index (χ0) is 54.6. The summed E-state index contributed by atoms with van der Waals surface area (Å²) in [7, 11) is 5.82. The Balaban J connectivity index is -0.000000577. The molecule has 19 nitrogen and oxygen atoms in total. The lowest BCUT2D eigenvalue weighted by atomic mass is 10.0. The Bertz CT molecular complexity index is 1370. The van der Waals surface area contributed by atoms with E-state index in [0.717, 1.165) is 64.8 Å². The first kappa shape index (κ1) is 74.4. The first-order valence-corrected chi connectivity index (χ1v) is 26.9. The maximum absolute atomic E-state index is 12.3. The SMILES string of the molecule is CCC(=O)CCCCC(=O)NCC[N+](C)(CCNC(=O)CCCCC(=O)CCCCCCCNC)CCC(=O)[O-].C[N+](CCN)(CCN)CCC(=O)[O-].NCCCCCCN.O=C(Cl)CCCCC(=O)Cl. The molecule has 0 aliphatic heterocycles. The van der Waals surface area contributed by atoms with E-state index in [1.807, 2.05) is 28.1 Å². The van der Waals surface area contributed by atoms with Crippen molar-refractivity contribution < 1.29 is 57.5 Å².